The topological polar surface area (TPSA) is 23.5 Å². The van der Waals surface area contributed by atoms with Crippen LogP contribution in [0.4, 0.5) is 0 Å². The van der Waals surface area contributed by atoms with Crippen molar-refractivity contribution in [2.45, 2.75) is 26.4 Å². The van der Waals surface area contributed by atoms with Crippen molar-refractivity contribution in [1.29, 1.82) is 0 Å². The van der Waals surface area contributed by atoms with Crippen molar-refractivity contribution in [2.24, 2.45) is 0 Å². The largest absolute Gasteiger partial charge is 0.389 e. The Kier molecular flexibility index (Phi) is 5.47. The van der Waals surface area contributed by atoms with Crippen LogP contribution in [0, 0.1) is 0 Å². The van der Waals surface area contributed by atoms with Crippen molar-refractivity contribution in [2.75, 3.05) is 13.1 Å². The molecule has 1 N–H and O–H groups in total. The fourth-order valence-electron chi connectivity index (χ4n) is 1.12. The van der Waals surface area contributed by atoms with Crippen LogP contribution in [0.3, 0.4) is 0 Å². The maximum Gasteiger partial charge on any atom is 0.0772 e. The van der Waals surface area contributed by atoms with E-state index in [0.29, 0.717) is 6.42 Å². The van der Waals surface area contributed by atoms with Crippen LogP contribution in [0.25, 0.3) is 0 Å². The van der Waals surface area contributed by atoms with E-state index in [4.69, 9.17) is 0 Å². The molecule has 0 aromatic carbocycles. The summed E-state index contributed by atoms with van der Waals surface area (Å²) < 4.78 is 0. The molecule has 2 nitrogen and oxygen atoms in total. The minimum atomic E-state index is -0.460. The van der Waals surface area contributed by atoms with Crippen molar-refractivity contribution in [3.8, 4) is 0 Å². The highest BCUT2D eigenvalue weighted by Gasteiger charge is 2.06. The Morgan fingerprint density at radius 2 is 2.00 bits per heavy atom. The highest BCUT2D eigenvalue weighted by Crippen LogP contribution is 2.09. The molecule has 0 aliphatic heterocycles. The average Bonchev–Trinajstić information content (AvgIpc) is 2.06. The Bertz CT molecular complexity index is 150. The van der Waals surface area contributed by atoms with Gasteiger partial charge in [-0.05, 0) is 13.8 Å². The van der Waals surface area contributed by atoms with Crippen molar-refractivity contribution < 1.29 is 5.11 Å². The lowest BCUT2D eigenvalue weighted by molar-refractivity contribution is 0.208. The number of nitrogens with zero attached hydrogens (tertiary/aromatic N) is 1. The molecule has 0 bridgehead atoms. The predicted molar refractivity (Wildman–Crippen MR) is 52.9 cm³/mol. The SMILES string of the molecule is C=CC(O)CC(=C)N(CC)CC. The molecule has 0 saturated heterocycles. The molecule has 1 unspecified atom stereocenters. The summed E-state index contributed by atoms with van der Waals surface area (Å²) in [6.07, 6.45) is 1.66. The molecule has 1 atom stereocenters. The molecule has 0 amide bonds. The minimum absolute atomic E-state index is 0.460. The van der Waals surface area contributed by atoms with Crippen LogP contribution in [-0.4, -0.2) is 29.2 Å². The van der Waals surface area contributed by atoms with E-state index in [1.54, 1.807) is 0 Å². The lowest BCUT2D eigenvalue weighted by Crippen LogP contribution is -2.23. The monoisotopic (exact) mass is 169 g/mol. The fraction of sp³-hybridized carbons (Fsp3) is 0.600. The van der Waals surface area contributed by atoms with E-state index in [2.05, 4.69) is 31.9 Å². The number of aliphatic hydroxyl groups excluding tert-OH is 1. The standard InChI is InChI=1S/C10H19NO/c1-5-10(12)8-9(4)11(6-2)7-3/h5,10,12H,1,4,6-8H2,2-3H3. The number of hydrogen-bond donors (Lipinski definition) is 1. The van der Waals surface area contributed by atoms with Gasteiger partial charge >= 0.3 is 0 Å². The van der Waals surface area contributed by atoms with E-state index in [1.807, 2.05) is 0 Å². The van der Waals surface area contributed by atoms with Gasteiger partial charge in [0.05, 0.1) is 6.10 Å². The minimum Gasteiger partial charge on any atom is -0.389 e. The molecule has 0 saturated carbocycles. The first-order chi connectivity index (χ1) is 5.65. The van der Waals surface area contributed by atoms with Gasteiger partial charge in [-0.15, -0.1) is 6.58 Å². The summed E-state index contributed by atoms with van der Waals surface area (Å²) in [6, 6.07) is 0. The van der Waals surface area contributed by atoms with Crippen LogP contribution < -0.4 is 0 Å². The van der Waals surface area contributed by atoms with Gasteiger partial charge in [-0.2, -0.15) is 0 Å². The lowest BCUT2D eigenvalue weighted by atomic mass is 10.2. The van der Waals surface area contributed by atoms with Crippen molar-refractivity contribution >= 4 is 0 Å². The van der Waals surface area contributed by atoms with Gasteiger partial charge in [0, 0.05) is 25.2 Å². The summed E-state index contributed by atoms with van der Waals surface area (Å²) in [5, 5.41) is 9.26. The van der Waals surface area contributed by atoms with E-state index in [0.717, 1.165) is 18.8 Å². The van der Waals surface area contributed by atoms with Crippen LogP contribution >= 0.6 is 0 Å². The summed E-state index contributed by atoms with van der Waals surface area (Å²) in [4.78, 5) is 2.13. The number of aliphatic hydroxyl groups is 1. The van der Waals surface area contributed by atoms with Gasteiger partial charge in [-0.3, -0.25) is 0 Å². The van der Waals surface area contributed by atoms with Crippen molar-refractivity contribution in [1.82, 2.24) is 4.90 Å². The Morgan fingerprint density at radius 1 is 1.50 bits per heavy atom. The zero-order valence-corrected chi connectivity index (χ0v) is 8.08. The van der Waals surface area contributed by atoms with E-state index in [-0.39, 0.29) is 0 Å². The molecular weight excluding hydrogens is 150 g/mol. The Balaban J connectivity index is 3.92. The highest BCUT2D eigenvalue weighted by atomic mass is 16.3. The Morgan fingerprint density at radius 3 is 2.33 bits per heavy atom. The molecule has 0 aliphatic carbocycles. The molecule has 0 radical (unpaired) electrons. The normalized spacial score (nSPS) is 12.2. The molecule has 0 heterocycles. The number of hydrogen-bond acceptors (Lipinski definition) is 2. The van der Waals surface area contributed by atoms with Gasteiger partial charge in [0.2, 0.25) is 0 Å². The Labute approximate surface area is 75.2 Å². The summed E-state index contributed by atoms with van der Waals surface area (Å²) in [6.45, 7) is 13.5. The average molecular weight is 169 g/mol. The van der Waals surface area contributed by atoms with Crippen molar-refractivity contribution in [3.63, 3.8) is 0 Å². The summed E-state index contributed by atoms with van der Waals surface area (Å²) in [5.74, 6) is 0. The van der Waals surface area contributed by atoms with Gasteiger partial charge in [0.15, 0.2) is 0 Å². The molecule has 0 rings (SSSR count). The summed E-state index contributed by atoms with van der Waals surface area (Å²) in [5.41, 5.74) is 0.979. The molecule has 0 aromatic rings. The molecule has 0 fully saturated rings. The smallest absolute Gasteiger partial charge is 0.0772 e. The second-order valence-electron chi connectivity index (χ2n) is 2.75. The second-order valence-corrected chi connectivity index (χ2v) is 2.75. The molecule has 70 valence electrons. The van der Waals surface area contributed by atoms with Gasteiger partial charge in [0.25, 0.3) is 0 Å². The van der Waals surface area contributed by atoms with Gasteiger partial charge in [-0.1, -0.05) is 12.7 Å². The van der Waals surface area contributed by atoms with Crippen LogP contribution in [0.1, 0.15) is 20.3 Å². The fourth-order valence-corrected chi connectivity index (χ4v) is 1.12. The zero-order valence-electron chi connectivity index (χ0n) is 8.08. The maximum absolute atomic E-state index is 9.26. The molecular formula is C10H19NO. The first kappa shape index (κ1) is 11.2. The van der Waals surface area contributed by atoms with E-state index in [1.165, 1.54) is 6.08 Å². The third-order valence-corrected chi connectivity index (χ3v) is 1.93. The Hall–Kier alpha value is -0.760. The molecule has 12 heavy (non-hydrogen) atoms. The number of rotatable bonds is 6. The van der Waals surface area contributed by atoms with Crippen LogP contribution in [0.15, 0.2) is 24.9 Å². The molecule has 0 spiro atoms. The third-order valence-electron chi connectivity index (χ3n) is 1.93. The lowest BCUT2D eigenvalue weighted by Gasteiger charge is -2.24. The molecule has 0 aromatic heterocycles. The molecule has 2 heteroatoms. The quantitative estimate of drug-likeness (QED) is 0.613. The van der Waals surface area contributed by atoms with E-state index in [9.17, 15) is 5.11 Å². The maximum atomic E-state index is 9.26. The van der Waals surface area contributed by atoms with E-state index < -0.39 is 6.10 Å². The van der Waals surface area contributed by atoms with E-state index >= 15 is 0 Å². The summed E-state index contributed by atoms with van der Waals surface area (Å²) >= 11 is 0. The van der Waals surface area contributed by atoms with Crippen LogP contribution in [-0.2, 0) is 0 Å². The first-order valence-corrected chi connectivity index (χ1v) is 4.39. The second kappa shape index (κ2) is 5.84. The van der Waals surface area contributed by atoms with Crippen LogP contribution in [0.2, 0.25) is 0 Å². The predicted octanol–water partition coefficient (Wildman–Crippen LogP) is 1.78. The van der Waals surface area contributed by atoms with Crippen LogP contribution in [0.5, 0.6) is 0 Å². The van der Waals surface area contributed by atoms with Gasteiger partial charge in [0.1, 0.15) is 0 Å². The van der Waals surface area contributed by atoms with Crippen molar-refractivity contribution in [3.05, 3.63) is 24.9 Å². The van der Waals surface area contributed by atoms with Gasteiger partial charge < -0.3 is 10.0 Å². The third kappa shape index (κ3) is 3.58. The zero-order chi connectivity index (χ0) is 9.56. The summed E-state index contributed by atoms with van der Waals surface area (Å²) in [7, 11) is 0. The molecule has 0 aliphatic rings. The first-order valence-electron chi connectivity index (χ1n) is 4.39. The highest BCUT2D eigenvalue weighted by molar-refractivity contribution is 4.98. The van der Waals surface area contributed by atoms with Gasteiger partial charge in [-0.25, -0.2) is 0 Å².